The van der Waals surface area contributed by atoms with E-state index in [0.29, 0.717) is 32.4 Å². The molecular weight excluding hydrogens is 332 g/mol. The number of nitrogens with two attached hydrogens (primary N) is 1. The third-order valence-electron chi connectivity index (χ3n) is 5.15. The smallest absolute Gasteiger partial charge is 0.271 e. The van der Waals surface area contributed by atoms with E-state index >= 15 is 0 Å². The van der Waals surface area contributed by atoms with Crippen LogP contribution in [0.1, 0.15) is 64.7 Å². The van der Waals surface area contributed by atoms with E-state index in [4.69, 9.17) is 10.8 Å². The van der Waals surface area contributed by atoms with Gasteiger partial charge in [0.05, 0.1) is 6.04 Å². The highest BCUT2D eigenvalue weighted by Crippen LogP contribution is 2.43. The first-order chi connectivity index (χ1) is 12.6. The maximum absolute atomic E-state index is 12.7. The SMILES string of the molecule is C=NC(=O)[C@@]1(NC(=O)[C@H](CCCCCCCC)NCCCO)CC1CN. The number of hydrogen-bond donors (Lipinski definition) is 4. The van der Waals surface area contributed by atoms with E-state index in [1.54, 1.807) is 0 Å². The van der Waals surface area contributed by atoms with Crippen LogP contribution in [0.5, 0.6) is 0 Å². The summed E-state index contributed by atoms with van der Waals surface area (Å²) in [6.45, 7) is 6.46. The fraction of sp³-hybridized carbons (Fsp3) is 0.842. The molecule has 3 atom stereocenters. The molecular formula is C19H36N4O3. The summed E-state index contributed by atoms with van der Waals surface area (Å²) in [7, 11) is 0. The molecule has 1 rings (SSSR count). The second kappa shape index (κ2) is 12.1. The molecule has 0 saturated heterocycles. The van der Waals surface area contributed by atoms with Crippen molar-refractivity contribution in [1.29, 1.82) is 0 Å². The Kier molecular flexibility index (Phi) is 10.6. The van der Waals surface area contributed by atoms with Crippen molar-refractivity contribution in [3.8, 4) is 0 Å². The van der Waals surface area contributed by atoms with E-state index in [1.165, 1.54) is 25.7 Å². The molecule has 0 bridgehead atoms. The van der Waals surface area contributed by atoms with Crippen molar-refractivity contribution in [1.82, 2.24) is 10.6 Å². The first-order valence-corrected chi connectivity index (χ1v) is 9.93. The lowest BCUT2D eigenvalue weighted by Crippen LogP contribution is -2.53. The minimum atomic E-state index is -0.967. The first-order valence-electron chi connectivity index (χ1n) is 9.93. The quantitative estimate of drug-likeness (QED) is 0.255. The van der Waals surface area contributed by atoms with E-state index in [0.717, 1.165) is 12.8 Å². The predicted molar refractivity (Wildman–Crippen MR) is 104 cm³/mol. The Hall–Kier alpha value is -1.31. The molecule has 1 aliphatic rings. The van der Waals surface area contributed by atoms with Crippen LogP contribution in [0.3, 0.4) is 0 Å². The largest absolute Gasteiger partial charge is 0.396 e. The molecule has 7 nitrogen and oxygen atoms in total. The van der Waals surface area contributed by atoms with Gasteiger partial charge in [0.1, 0.15) is 5.54 Å². The number of aliphatic hydroxyl groups is 1. The highest BCUT2D eigenvalue weighted by molar-refractivity contribution is 5.98. The van der Waals surface area contributed by atoms with E-state index in [-0.39, 0.29) is 24.5 Å². The van der Waals surface area contributed by atoms with Crippen molar-refractivity contribution in [3.05, 3.63) is 0 Å². The van der Waals surface area contributed by atoms with Crippen molar-refractivity contribution in [2.24, 2.45) is 16.6 Å². The standard InChI is InChI=1S/C19H36N4O3/c1-3-4-5-6-7-8-10-16(22-11-9-12-24)17(25)23-19(18(26)21-2)13-15(19)14-20/h15-16,22,24H,2-14,20H2,1H3,(H,23,25)/t15?,16-,19+/m0/s1. The number of aliphatic imine (C=N–C) groups is 1. The van der Waals surface area contributed by atoms with Gasteiger partial charge in [-0.3, -0.25) is 9.59 Å². The second-order valence-electron chi connectivity index (χ2n) is 7.20. The molecule has 0 aliphatic heterocycles. The molecule has 26 heavy (non-hydrogen) atoms. The van der Waals surface area contributed by atoms with Gasteiger partial charge in [-0.15, -0.1) is 0 Å². The van der Waals surface area contributed by atoms with Crippen LogP contribution in [0.2, 0.25) is 0 Å². The molecule has 150 valence electrons. The summed E-state index contributed by atoms with van der Waals surface area (Å²) in [5.74, 6) is -0.670. The highest BCUT2D eigenvalue weighted by atomic mass is 16.3. The molecule has 0 aromatic carbocycles. The van der Waals surface area contributed by atoms with Gasteiger partial charge in [0.25, 0.3) is 5.91 Å². The summed E-state index contributed by atoms with van der Waals surface area (Å²) in [5, 5.41) is 15.0. The van der Waals surface area contributed by atoms with Crippen LogP contribution < -0.4 is 16.4 Å². The lowest BCUT2D eigenvalue weighted by Gasteiger charge is -2.22. The number of carbonyl (C=O) groups is 2. The van der Waals surface area contributed by atoms with Gasteiger partial charge in [-0.05, 0) is 39.1 Å². The number of aliphatic hydroxyl groups excluding tert-OH is 1. The van der Waals surface area contributed by atoms with Crippen LogP contribution in [0.25, 0.3) is 0 Å². The molecule has 1 saturated carbocycles. The topological polar surface area (TPSA) is 117 Å². The third kappa shape index (κ3) is 6.78. The van der Waals surface area contributed by atoms with Crippen molar-refractivity contribution < 1.29 is 14.7 Å². The number of hydrogen-bond acceptors (Lipinski definition) is 5. The number of unbranched alkanes of at least 4 members (excludes halogenated alkanes) is 5. The molecule has 0 radical (unpaired) electrons. The summed E-state index contributed by atoms with van der Waals surface area (Å²) in [6.07, 6.45) is 8.73. The maximum atomic E-state index is 12.7. The molecule has 1 fully saturated rings. The Morgan fingerprint density at radius 1 is 1.27 bits per heavy atom. The molecule has 1 aliphatic carbocycles. The van der Waals surface area contributed by atoms with Gasteiger partial charge in [-0.25, -0.2) is 4.99 Å². The van der Waals surface area contributed by atoms with Crippen molar-refractivity contribution >= 4 is 18.5 Å². The maximum Gasteiger partial charge on any atom is 0.271 e. The third-order valence-corrected chi connectivity index (χ3v) is 5.15. The molecule has 0 heterocycles. The van der Waals surface area contributed by atoms with Crippen molar-refractivity contribution in [2.45, 2.75) is 76.3 Å². The molecule has 0 spiro atoms. The van der Waals surface area contributed by atoms with Crippen LogP contribution in [-0.4, -0.2) is 54.9 Å². The van der Waals surface area contributed by atoms with Gasteiger partial charge in [0, 0.05) is 12.5 Å². The molecule has 1 unspecified atom stereocenters. The van der Waals surface area contributed by atoms with E-state index in [1.807, 2.05) is 0 Å². The number of nitrogens with zero attached hydrogens (tertiary/aromatic N) is 1. The average molecular weight is 369 g/mol. The number of rotatable bonds is 15. The zero-order valence-corrected chi connectivity index (χ0v) is 16.1. The summed E-state index contributed by atoms with van der Waals surface area (Å²) >= 11 is 0. The normalized spacial score (nSPS) is 22.7. The Morgan fingerprint density at radius 2 is 1.96 bits per heavy atom. The lowest BCUT2D eigenvalue weighted by atomic mass is 10.0. The van der Waals surface area contributed by atoms with Gasteiger partial charge >= 0.3 is 0 Å². The van der Waals surface area contributed by atoms with Gasteiger partial charge in [-0.1, -0.05) is 45.4 Å². The van der Waals surface area contributed by atoms with Crippen LogP contribution in [0, 0.1) is 5.92 Å². The van der Waals surface area contributed by atoms with E-state index in [2.05, 4.69) is 29.3 Å². The van der Waals surface area contributed by atoms with Crippen LogP contribution >= 0.6 is 0 Å². The zero-order valence-electron chi connectivity index (χ0n) is 16.1. The van der Waals surface area contributed by atoms with Gasteiger partial charge in [0.2, 0.25) is 5.91 Å². The van der Waals surface area contributed by atoms with Gasteiger partial charge in [-0.2, -0.15) is 0 Å². The number of nitrogens with one attached hydrogen (secondary N) is 2. The minimum Gasteiger partial charge on any atom is -0.396 e. The number of amides is 2. The molecule has 7 heteroatoms. The van der Waals surface area contributed by atoms with Gasteiger partial charge in [0.15, 0.2) is 0 Å². The van der Waals surface area contributed by atoms with E-state index < -0.39 is 11.4 Å². The summed E-state index contributed by atoms with van der Waals surface area (Å²) in [5.41, 5.74) is 4.71. The predicted octanol–water partition coefficient (Wildman–Crippen LogP) is 1.14. The number of carbonyl (C=O) groups excluding carboxylic acids is 2. The minimum absolute atomic E-state index is 0.0726. The highest BCUT2D eigenvalue weighted by Gasteiger charge is 2.60. The van der Waals surface area contributed by atoms with Gasteiger partial charge < -0.3 is 21.5 Å². The second-order valence-corrected chi connectivity index (χ2v) is 7.20. The summed E-state index contributed by atoms with van der Waals surface area (Å²) in [6, 6.07) is -0.374. The Labute approximate surface area is 157 Å². The first kappa shape index (κ1) is 22.7. The molecule has 0 aromatic heterocycles. The average Bonchev–Trinajstić information content (AvgIpc) is 3.36. The molecule has 0 aromatic rings. The molecule has 2 amide bonds. The summed E-state index contributed by atoms with van der Waals surface area (Å²) in [4.78, 5) is 28.3. The Morgan fingerprint density at radius 3 is 2.54 bits per heavy atom. The fourth-order valence-electron chi connectivity index (χ4n) is 3.34. The fourth-order valence-corrected chi connectivity index (χ4v) is 3.34. The Balaban J connectivity index is 2.56. The summed E-state index contributed by atoms with van der Waals surface area (Å²) < 4.78 is 0. The van der Waals surface area contributed by atoms with Crippen LogP contribution in [0.15, 0.2) is 4.99 Å². The zero-order chi connectivity index (χ0) is 19.4. The van der Waals surface area contributed by atoms with Crippen molar-refractivity contribution in [2.75, 3.05) is 19.7 Å². The lowest BCUT2D eigenvalue weighted by molar-refractivity contribution is -0.129. The van der Waals surface area contributed by atoms with Crippen molar-refractivity contribution in [3.63, 3.8) is 0 Å². The van der Waals surface area contributed by atoms with Crippen LogP contribution in [-0.2, 0) is 9.59 Å². The molecule has 5 N–H and O–H groups in total. The Bertz CT molecular complexity index is 458. The van der Waals surface area contributed by atoms with E-state index in [9.17, 15) is 9.59 Å². The van der Waals surface area contributed by atoms with Crippen LogP contribution in [0.4, 0.5) is 0 Å². The monoisotopic (exact) mass is 368 g/mol.